The number of anilines is 1. The van der Waals surface area contributed by atoms with E-state index in [-0.39, 0.29) is 12.3 Å². The maximum absolute atomic E-state index is 11.9. The van der Waals surface area contributed by atoms with E-state index in [1.54, 1.807) is 19.9 Å². The second kappa shape index (κ2) is 6.33. The van der Waals surface area contributed by atoms with Crippen LogP contribution in [-0.2, 0) is 0 Å². The number of nitrogens with zero attached hydrogens (tertiary/aromatic N) is 1. The number of nitro benzene ring substituents is 1. The first-order valence-electron chi connectivity index (χ1n) is 6.26. The van der Waals surface area contributed by atoms with Crippen LogP contribution >= 0.6 is 0 Å². The number of non-ortho nitro benzene ring substituents is 1. The van der Waals surface area contributed by atoms with Gasteiger partial charge in [0.1, 0.15) is 0 Å². The van der Waals surface area contributed by atoms with Crippen molar-refractivity contribution in [1.29, 1.82) is 0 Å². The van der Waals surface area contributed by atoms with Crippen molar-refractivity contribution in [2.45, 2.75) is 32.7 Å². The third-order valence-electron chi connectivity index (χ3n) is 3.22. The van der Waals surface area contributed by atoms with Gasteiger partial charge < -0.3 is 15.7 Å². The standard InChI is InChI=1S/C13H19N3O4/c1-4-13(3,8-17)15-12(18)14-11-7-10(16(19)20)6-5-9(11)2/h5-7,17H,4,8H2,1-3H3,(H2,14,15,18). The molecule has 0 aliphatic carbocycles. The zero-order chi connectivity index (χ0) is 15.3. The van der Waals surface area contributed by atoms with Gasteiger partial charge in [-0.2, -0.15) is 0 Å². The summed E-state index contributed by atoms with van der Waals surface area (Å²) in [7, 11) is 0. The van der Waals surface area contributed by atoms with Crippen molar-refractivity contribution >= 4 is 17.4 Å². The van der Waals surface area contributed by atoms with Gasteiger partial charge in [0.05, 0.1) is 22.8 Å². The van der Waals surface area contributed by atoms with Gasteiger partial charge in [0.25, 0.3) is 5.69 Å². The van der Waals surface area contributed by atoms with Gasteiger partial charge in [-0.05, 0) is 25.8 Å². The van der Waals surface area contributed by atoms with E-state index in [0.29, 0.717) is 17.7 Å². The second-order valence-electron chi connectivity index (χ2n) is 4.91. The lowest BCUT2D eigenvalue weighted by Crippen LogP contribution is -2.50. The highest BCUT2D eigenvalue weighted by atomic mass is 16.6. The van der Waals surface area contributed by atoms with E-state index in [1.165, 1.54) is 12.1 Å². The van der Waals surface area contributed by atoms with Crippen LogP contribution in [0.1, 0.15) is 25.8 Å². The van der Waals surface area contributed by atoms with Crippen LogP contribution in [0.4, 0.5) is 16.2 Å². The van der Waals surface area contributed by atoms with Crippen molar-refractivity contribution in [3.63, 3.8) is 0 Å². The van der Waals surface area contributed by atoms with Gasteiger partial charge in [-0.3, -0.25) is 10.1 Å². The average Bonchev–Trinajstić information content (AvgIpc) is 2.40. The third-order valence-corrected chi connectivity index (χ3v) is 3.22. The highest BCUT2D eigenvalue weighted by Gasteiger charge is 2.23. The van der Waals surface area contributed by atoms with E-state index in [2.05, 4.69) is 10.6 Å². The Bertz CT molecular complexity index is 512. The van der Waals surface area contributed by atoms with Crippen LogP contribution in [0.2, 0.25) is 0 Å². The van der Waals surface area contributed by atoms with E-state index in [1.807, 2.05) is 6.92 Å². The Morgan fingerprint density at radius 2 is 2.15 bits per heavy atom. The molecular weight excluding hydrogens is 262 g/mol. The molecule has 110 valence electrons. The summed E-state index contributed by atoms with van der Waals surface area (Å²) in [5, 5.41) is 25.2. The number of carbonyl (C=O) groups is 1. The molecule has 0 aliphatic rings. The first-order chi connectivity index (χ1) is 9.31. The number of aryl methyl sites for hydroxylation is 1. The highest BCUT2D eigenvalue weighted by Crippen LogP contribution is 2.22. The Morgan fingerprint density at radius 3 is 2.65 bits per heavy atom. The molecule has 1 atom stereocenters. The minimum Gasteiger partial charge on any atom is -0.394 e. The van der Waals surface area contributed by atoms with Crippen LogP contribution in [-0.4, -0.2) is 28.2 Å². The van der Waals surface area contributed by atoms with Crippen molar-refractivity contribution in [1.82, 2.24) is 5.32 Å². The molecule has 0 aliphatic heterocycles. The molecule has 20 heavy (non-hydrogen) atoms. The Morgan fingerprint density at radius 1 is 1.50 bits per heavy atom. The topological polar surface area (TPSA) is 104 Å². The number of nitro groups is 1. The molecule has 0 bridgehead atoms. The Kier molecular flexibility index (Phi) is 5.04. The summed E-state index contributed by atoms with van der Waals surface area (Å²) in [6, 6.07) is 3.74. The first-order valence-corrected chi connectivity index (χ1v) is 6.26. The molecule has 1 aromatic carbocycles. The van der Waals surface area contributed by atoms with Crippen LogP contribution in [0.15, 0.2) is 18.2 Å². The number of nitrogens with one attached hydrogen (secondary N) is 2. The summed E-state index contributed by atoms with van der Waals surface area (Å²) >= 11 is 0. The largest absolute Gasteiger partial charge is 0.394 e. The Hall–Kier alpha value is -2.15. The monoisotopic (exact) mass is 281 g/mol. The molecule has 1 unspecified atom stereocenters. The summed E-state index contributed by atoms with van der Waals surface area (Å²) in [5.74, 6) is 0. The van der Waals surface area contributed by atoms with Crippen LogP contribution < -0.4 is 10.6 Å². The number of hydrogen-bond acceptors (Lipinski definition) is 4. The first kappa shape index (κ1) is 15.9. The lowest BCUT2D eigenvalue weighted by Gasteiger charge is -2.27. The highest BCUT2D eigenvalue weighted by molar-refractivity contribution is 5.91. The molecule has 0 spiro atoms. The quantitative estimate of drug-likeness (QED) is 0.568. The minimum atomic E-state index is -0.724. The summed E-state index contributed by atoms with van der Waals surface area (Å²) in [6.07, 6.45) is 0.560. The van der Waals surface area contributed by atoms with E-state index >= 15 is 0 Å². The van der Waals surface area contributed by atoms with Gasteiger partial charge in [0.15, 0.2) is 0 Å². The van der Waals surface area contributed by atoms with E-state index in [9.17, 15) is 20.0 Å². The predicted molar refractivity (Wildman–Crippen MR) is 75.8 cm³/mol. The SMILES string of the molecule is CCC(C)(CO)NC(=O)Nc1cc([N+](=O)[O-])ccc1C. The van der Waals surface area contributed by atoms with E-state index in [0.717, 1.165) is 0 Å². The molecule has 1 rings (SSSR count). The molecule has 2 amide bonds. The number of carbonyl (C=O) groups excluding carboxylic acids is 1. The third kappa shape index (κ3) is 3.92. The molecule has 0 radical (unpaired) electrons. The molecule has 0 fully saturated rings. The molecule has 0 saturated carbocycles. The molecule has 0 heterocycles. The molecule has 0 aromatic heterocycles. The number of aliphatic hydroxyl groups is 1. The number of urea groups is 1. The summed E-state index contributed by atoms with van der Waals surface area (Å²) in [6.45, 7) is 5.11. The average molecular weight is 281 g/mol. The summed E-state index contributed by atoms with van der Waals surface area (Å²) < 4.78 is 0. The fraction of sp³-hybridized carbons (Fsp3) is 0.462. The number of aliphatic hydroxyl groups excluding tert-OH is 1. The maximum atomic E-state index is 11.9. The van der Waals surface area contributed by atoms with Gasteiger partial charge in [-0.25, -0.2) is 4.79 Å². The summed E-state index contributed by atoms with van der Waals surface area (Å²) in [4.78, 5) is 22.1. The Balaban J connectivity index is 2.85. The van der Waals surface area contributed by atoms with Crippen molar-refractivity contribution in [3.05, 3.63) is 33.9 Å². The smallest absolute Gasteiger partial charge is 0.319 e. The molecule has 7 heteroatoms. The fourth-order valence-corrected chi connectivity index (χ4v) is 1.53. The van der Waals surface area contributed by atoms with E-state index < -0.39 is 16.5 Å². The maximum Gasteiger partial charge on any atom is 0.319 e. The number of hydrogen-bond donors (Lipinski definition) is 3. The molecule has 3 N–H and O–H groups in total. The van der Waals surface area contributed by atoms with Crippen LogP contribution in [0.25, 0.3) is 0 Å². The minimum absolute atomic E-state index is 0.0914. The van der Waals surface area contributed by atoms with Crippen molar-refractivity contribution < 1.29 is 14.8 Å². The summed E-state index contributed by atoms with van der Waals surface area (Å²) in [5.41, 5.74) is 0.269. The fourth-order valence-electron chi connectivity index (χ4n) is 1.53. The van der Waals surface area contributed by atoms with E-state index in [4.69, 9.17) is 0 Å². The molecular formula is C13H19N3O4. The molecule has 0 saturated heterocycles. The lowest BCUT2D eigenvalue weighted by molar-refractivity contribution is -0.384. The predicted octanol–water partition coefficient (Wildman–Crippen LogP) is 2.19. The zero-order valence-electron chi connectivity index (χ0n) is 11.8. The van der Waals surface area contributed by atoms with Gasteiger partial charge in [-0.1, -0.05) is 13.0 Å². The number of amides is 2. The van der Waals surface area contributed by atoms with Crippen LogP contribution in [0, 0.1) is 17.0 Å². The van der Waals surface area contributed by atoms with Crippen LogP contribution in [0.5, 0.6) is 0 Å². The van der Waals surface area contributed by atoms with Gasteiger partial charge in [0.2, 0.25) is 0 Å². The van der Waals surface area contributed by atoms with Crippen molar-refractivity contribution in [2.24, 2.45) is 0 Å². The zero-order valence-corrected chi connectivity index (χ0v) is 11.8. The number of benzene rings is 1. The van der Waals surface area contributed by atoms with Crippen molar-refractivity contribution in [3.8, 4) is 0 Å². The molecule has 7 nitrogen and oxygen atoms in total. The molecule has 1 aromatic rings. The van der Waals surface area contributed by atoms with Gasteiger partial charge in [-0.15, -0.1) is 0 Å². The number of rotatable bonds is 5. The second-order valence-corrected chi connectivity index (χ2v) is 4.91. The van der Waals surface area contributed by atoms with Crippen molar-refractivity contribution in [2.75, 3.05) is 11.9 Å². The van der Waals surface area contributed by atoms with Gasteiger partial charge >= 0.3 is 6.03 Å². The van der Waals surface area contributed by atoms with Gasteiger partial charge in [0, 0.05) is 12.1 Å². The normalized spacial score (nSPS) is 13.4. The Labute approximate surface area is 117 Å². The van der Waals surface area contributed by atoms with Crippen LogP contribution in [0.3, 0.4) is 0 Å². The lowest BCUT2D eigenvalue weighted by atomic mass is 10.0.